The van der Waals surface area contributed by atoms with E-state index < -0.39 is 11.7 Å². The van der Waals surface area contributed by atoms with Crippen molar-refractivity contribution in [3.05, 3.63) is 65.4 Å². The number of carbonyl (C=O) groups excluding carboxylic acids is 3. The summed E-state index contributed by atoms with van der Waals surface area (Å²) in [4.78, 5) is 43.6. The Hall–Kier alpha value is -3.92. The van der Waals surface area contributed by atoms with Gasteiger partial charge in [0.1, 0.15) is 17.5 Å². The van der Waals surface area contributed by atoms with Gasteiger partial charge < -0.3 is 4.90 Å². The molecule has 0 bridgehead atoms. The fourth-order valence-electron chi connectivity index (χ4n) is 5.39. The molecule has 188 valence electrons. The lowest BCUT2D eigenvalue weighted by atomic mass is 9.88. The Bertz CT molecular complexity index is 1460. The molecule has 5 rings (SSSR count). The number of halogens is 1. The standard InChI is InChI=1S/C30H28FN3O3/c1-30(31)11-13-34(23(17-30)18-32)29(37)9-8-28(36)25-10-12-33-27-7-5-22(16-26(25)27)19-2-3-21-15-24(35)6-4-20(21)14-19/h2-3,5,7,10,12,14,16,23H,4,6,8-9,11,13,15,17H2,1H3/t23-,30?/m0/s1. The van der Waals surface area contributed by atoms with Crippen molar-refractivity contribution in [1.82, 2.24) is 9.88 Å². The van der Waals surface area contributed by atoms with E-state index in [1.165, 1.54) is 17.4 Å². The largest absolute Gasteiger partial charge is 0.326 e. The van der Waals surface area contributed by atoms with Gasteiger partial charge in [0.2, 0.25) is 5.91 Å². The van der Waals surface area contributed by atoms with Crippen LogP contribution in [0.4, 0.5) is 4.39 Å². The molecule has 1 amide bonds. The number of aryl methyl sites for hydroxylation is 1. The highest BCUT2D eigenvalue weighted by Gasteiger charge is 2.38. The van der Waals surface area contributed by atoms with Gasteiger partial charge in [-0.25, -0.2) is 4.39 Å². The summed E-state index contributed by atoms with van der Waals surface area (Å²) in [5.74, 6) is -0.215. The number of benzene rings is 2. The molecule has 1 aliphatic carbocycles. The van der Waals surface area contributed by atoms with E-state index in [-0.39, 0.29) is 49.7 Å². The lowest BCUT2D eigenvalue weighted by Crippen LogP contribution is -2.49. The number of ketones is 2. The Balaban J connectivity index is 1.35. The molecule has 6 nitrogen and oxygen atoms in total. The van der Waals surface area contributed by atoms with Crippen LogP contribution in [0.25, 0.3) is 22.0 Å². The molecule has 0 N–H and O–H groups in total. The number of fused-ring (bicyclic) bond motifs is 2. The van der Waals surface area contributed by atoms with Crippen LogP contribution in [0.1, 0.15) is 60.5 Å². The van der Waals surface area contributed by atoms with Crippen LogP contribution in [0.2, 0.25) is 0 Å². The monoisotopic (exact) mass is 497 g/mol. The molecule has 37 heavy (non-hydrogen) atoms. The van der Waals surface area contributed by atoms with Crippen molar-refractivity contribution in [3.8, 4) is 17.2 Å². The summed E-state index contributed by atoms with van der Waals surface area (Å²) in [6.45, 7) is 1.63. The number of hydrogen-bond donors (Lipinski definition) is 0. The predicted molar refractivity (Wildman–Crippen MR) is 138 cm³/mol. The fourth-order valence-corrected chi connectivity index (χ4v) is 5.39. The zero-order chi connectivity index (χ0) is 26.2. The third-order valence-corrected chi connectivity index (χ3v) is 7.55. The van der Waals surface area contributed by atoms with E-state index >= 15 is 0 Å². The molecule has 1 aliphatic heterocycles. The first-order chi connectivity index (χ1) is 17.7. The summed E-state index contributed by atoms with van der Waals surface area (Å²) < 4.78 is 14.3. The Kier molecular flexibility index (Phi) is 6.59. The molecule has 1 aromatic heterocycles. The van der Waals surface area contributed by atoms with Gasteiger partial charge in [-0.2, -0.15) is 5.26 Å². The molecule has 0 radical (unpaired) electrons. The minimum absolute atomic E-state index is 0.00338. The molecule has 2 heterocycles. The van der Waals surface area contributed by atoms with Crippen molar-refractivity contribution in [2.75, 3.05) is 6.54 Å². The Morgan fingerprint density at radius 3 is 2.70 bits per heavy atom. The van der Waals surface area contributed by atoms with Crippen molar-refractivity contribution >= 4 is 28.4 Å². The third-order valence-electron chi connectivity index (χ3n) is 7.55. The van der Waals surface area contributed by atoms with E-state index in [4.69, 9.17) is 0 Å². The van der Waals surface area contributed by atoms with Gasteiger partial charge >= 0.3 is 0 Å². The number of aromatic nitrogens is 1. The average molecular weight is 498 g/mol. The van der Waals surface area contributed by atoms with Gasteiger partial charge in [-0.05, 0) is 60.2 Å². The smallest absolute Gasteiger partial charge is 0.224 e. The topological polar surface area (TPSA) is 91.1 Å². The van der Waals surface area contributed by atoms with Crippen LogP contribution in [-0.4, -0.2) is 45.6 Å². The van der Waals surface area contributed by atoms with Gasteiger partial charge in [0.15, 0.2) is 5.78 Å². The first kappa shape index (κ1) is 24.8. The summed E-state index contributed by atoms with van der Waals surface area (Å²) in [7, 11) is 0. The van der Waals surface area contributed by atoms with Crippen LogP contribution >= 0.6 is 0 Å². The summed E-state index contributed by atoms with van der Waals surface area (Å²) >= 11 is 0. The summed E-state index contributed by atoms with van der Waals surface area (Å²) in [6, 6.07) is 14.8. The Morgan fingerprint density at radius 1 is 1.11 bits per heavy atom. The first-order valence-electron chi connectivity index (χ1n) is 12.7. The number of Topliss-reactive ketones (excluding diaryl/α,β-unsaturated/α-hetero) is 2. The normalized spacial score (nSPS) is 21.4. The van der Waals surface area contributed by atoms with Crippen molar-refractivity contribution in [2.24, 2.45) is 0 Å². The maximum atomic E-state index is 14.3. The summed E-state index contributed by atoms with van der Waals surface area (Å²) in [5, 5.41) is 10.1. The van der Waals surface area contributed by atoms with Crippen molar-refractivity contribution in [3.63, 3.8) is 0 Å². The van der Waals surface area contributed by atoms with Gasteiger partial charge in [-0.1, -0.05) is 24.3 Å². The van der Waals surface area contributed by atoms with Crippen LogP contribution in [0, 0.1) is 11.3 Å². The van der Waals surface area contributed by atoms with Crippen molar-refractivity contribution in [2.45, 2.75) is 63.6 Å². The van der Waals surface area contributed by atoms with Crippen molar-refractivity contribution in [1.29, 1.82) is 5.26 Å². The molecule has 2 atom stereocenters. The summed E-state index contributed by atoms with van der Waals surface area (Å²) in [6.07, 6.45) is 3.50. The summed E-state index contributed by atoms with van der Waals surface area (Å²) in [5.41, 5.74) is 3.94. The Morgan fingerprint density at radius 2 is 1.89 bits per heavy atom. The molecule has 1 fully saturated rings. The number of likely N-dealkylation sites (tertiary alicyclic amines) is 1. The number of alkyl halides is 1. The molecule has 2 aromatic carbocycles. The van der Waals surface area contributed by atoms with Gasteiger partial charge in [0.05, 0.1) is 11.6 Å². The molecule has 1 saturated heterocycles. The highest BCUT2D eigenvalue weighted by molar-refractivity contribution is 6.08. The second-order valence-corrected chi connectivity index (χ2v) is 10.3. The zero-order valence-corrected chi connectivity index (χ0v) is 20.8. The highest BCUT2D eigenvalue weighted by Crippen LogP contribution is 2.32. The quantitative estimate of drug-likeness (QED) is 0.454. The number of nitrogens with zero attached hydrogens (tertiary/aromatic N) is 3. The molecular formula is C30H28FN3O3. The van der Waals surface area contributed by atoms with Crippen LogP contribution in [0.15, 0.2) is 48.7 Å². The number of rotatable bonds is 5. The lowest BCUT2D eigenvalue weighted by molar-refractivity contribution is -0.135. The van der Waals surface area contributed by atoms with Gasteiger partial charge in [0.25, 0.3) is 0 Å². The third kappa shape index (κ3) is 5.15. The molecule has 1 unspecified atom stereocenters. The van der Waals surface area contributed by atoms with E-state index in [2.05, 4.69) is 11.1 Å². The first-order valence-corrected chi connectivity index (χ1v) is 12.7. The molecule has 0 saturated carbocycles. The second-order valence-electron chi connectivity index (χ2n) is 10.3. The van der Waals surface area contributed by atoms with Crippen LogP contribution < -0.4 is 0 Å². The van der Waals surface area contributed by atoms with Gasteiger partial charge in [-0.15, -0.1) is 0 Å². The van der Waals surface area contributed by atoms with E-state index in [9.17, 15) is 24.0 Å². The minimum atomic E-state index is -1.46. The van der Waals surface area contributed by atoms with E-state index in [1.807, 2.05) is 36.4 Å². The number of carbonyl (C=O) groups is 3. The zero-order valence-electron chi connectivity index (χ0n) is 20.8. The minimum Gasteiger partial charge on any atom is -0.326 e. The number of amides is 1. The lowest BCUT2D eigenvalue weighted by Gasteiger charge is -2.37. The maximum Gasteiger partial charge on any atom is 0.224 e. The highest BCUT2D eigenvalue weighted by atomic mass is 19.1. The molecule has 7 heteroatoms. The van der Waals surface area contributed by atoms with Crippen molar-refractivity contribution < 1.29 is 18.8 Å². The molecule has 0 spiro atoms. The van der Waals surface area contributed by atoms with Crippen LogP contribution in [-0.2, 0) is 22.4 Å². The van der Waals surface area contributed by atoms with Gasteiger partial charge in [-0.3, -0.25) is 19.4 Å². The van der Waals surface area contributed by atoms with Crippen LogP contribution in [0.5, 0.6) is 0 Å². The van der Waals surface area contributed by atoms with Crippen LogP contribution in [0.3, 0.4) is 0 Å². The number of piperidine rings is 1. The second kappa shape index (κ2) is 9.85. The molecule has 2 aliphatic rings. The average Bonchev–Trinajstić information content (AvgIpc) is 2.90. The number of pyridine rings is 1. The number of nitriles is 1. The number of hydrogen-bond acceptors (Lipinski definition) is 5. The fraction of sp³-hybridized carbons (Fsp3) is 0.367. The SMILES string of the molecule is CC1(F)CCN(C(=O)CCC(=O)c2ccnc3ccc(-c4ccc5c(c4)CCC(=O)C5)cc23)[C@H](C#N)C1. The Labute approximate surface area is 215 Å². The predicted octanol–water partition coefficient (Wildman–Crippen LogP) is 5.17. The van der Waals surface area contributed by atoms with Gasteiger partial charge in [0, 0.05) is 55.8 Å². The molecule has 3 aromatic rings. The maximum absolute atomic E-state index is 14.3. The van der Waals surface area contributed by atoms with E-state index in [0.717, 1.165) is 23.1 Å². The molecular weight excluding hydrogens is 469 g/mol. The van der Waals surface area contributed by atoms with E-state index in [0.29, 0.717) is 29.3 Å². The van der Waals surface area contributed by atoms with E-state index in [1.54, 1.807) is 12.3 Å².